The third kappa shape index (κ3) is 5.71. The van der Waals surface area contributed by atoms with Crippen molar-refractivity contribution in [3.8, 4) is 0 Å². The number of nitrogens with zero attached hydrogens (tertiary/aromatic N) is 2. The number of hydrogen-bond donors (Lipinski definition) is 3. The summed E-state index contributed by atoms with van der Waals surface area (Å²) in [6.45, 7) is 2.54. The fourth-order valence-corrected chi connectivity index (χ4v) is 2.88. The second-order valence-corrected chi connectivity index (χ2v) is 6.66. The predicted molar refractivity (Wildman–Crippen MR) is 111 cm³/mol. The Balaban J connectivity index is 1.52. The molecule has 2 amide bonds. The van der Waals surface area contributed by atoms with Gasteiger partial charge >= 0.3 is 0 Å². The largest absolute Gasteiger partial charge is 0.346 e. The second kappa shape index (κ2) is 9.75. The third-order valence-electron chi connectivity index (χ3n) is 4.42. The summed E-state index contributed by atoms with van der Waals surface area (Å²) in [7, 11) is 0. The van der Waals surface area contributed by atoms with Gasteiger partial charge in [0.1, 0.15) is 11.6 Å². The third-order valence-corrected chi connectivity index (χ3v) is 4.42. The van der Waals surface area contributed by atoms with Gasteiger partial charge in [0, 0.05) is 5.69 Å². The number of rotatable bonds is 8. The van der Waals surface area contributed by atoms with Crippen molar-refractivity contribution in [1.82, 2.24) is 20.2 Å². The summed E-state index contributed by atoms with van der Waals surface area (Å²) in [5.41, 5.74) is 0.806. The number of fused-ring (bicyclic) bond motifs is 1. The first-order valence-corrected chi connectivity index (χ1v) is 9.47. The van der Waals surface area contributed by atoms with Gasteiger partial charge in [0.2, 0.25) is 11.8 Å². The highest BCUT2D eigenvalue weighted by atomic mass is 19.1. The van der Waals surface area contributed by atoms with Crippen molar-refractivity contribution in [1.29, 1.82) is 0 Å². The molecule has 3 rings (SSSR count). The van der Waals surface area contributed by atoms with Crippen LogP contribution < -0.4 is 16.2 Å². The molecule has 3 N–H and O–H groups in total. The number of likely N-dealkylation sites (N-methyl/N-ethyl adjacent to an activating group) is 1. The molecule has 0 fully saturated rings. The van der Waals surface area contributed by atoms with Crippen LogP contribution in [0, 0.1) is 5.82 Å². The molecule has 3 aromatic rings. The first-order chi connectivity index (χ1) is 14.4. The monoisotopic (exact) mass is 411 g/mol. The molecule has 30 heavy (non-hydrogen) atoms. The smallest absolute Gasteiger partial charge is 0.258 e. The molecule has 0 bridgehead atoms. The zero-order valence-electron chi connectivity index (χ0n) is 16.4. The summed E-state index contributed by atoms with van der Waals surface area (Å²) in [5.74, 6) is -0.696. The molecule has 0 aliphatic rings. The van der Waals surface area contributed by atoms with E-state index in [1.807, 2.05) is 6.92 Å². The van der Waals surface area contributed by atoms with Gasteiger partial charge in [0.25, 0.3) is 5.56 Å². The van der Waals surface area contributed by atoms with E-state index < -0.39 is 11.7 Å². The van der Waals surface area contributed by atoms with Crippen molar-refractivity contribution < 1.29 is 14.0 Å². The Bertz CT molecular complexity index is 1100. The van der Waals surface area contributed by atoms with Crippen LogP contribution in [0.4, 0.5) is 10.1 Å². The zero-order valence-corrected chi connectivity index (χ0v) is 16.4. The summed E-state index contributed by atoms with van der Waals surface area (Å²) in [5, 5.41) is 5.63. The van der Waals surface area contributed by atoms with E-state index in [1.54, 1.807) is 29.2 Å². The van der Waals surface area contributed by atoms with E-state index in [0.29, 0.717) is 29.0 Å². The van der Waals surface area contributed by atoms with E-state index in [-0.39, 0.29) is 31.1 Å². The minimum atomic E-state index is -0.418. The van der Waals surface area contributed by atoms with Crippen LogP contribution in [0.5, 0.6) is 0 Å². The molecular weight excluding hydrogens is 389 g/mol. The SMILES string of the molecule is CCN(CC(=O)NCC(=O)Nc1ccc(F)cc1)Cc1nc2ccccc2c(=O)[nH]1. The molecule has 0 saturated heterocycles. The maximum atomic E-state index is 12.9. The van der Waals surface area contributed by atoms with E-state index >= 15 is 0 Å². The number of anilines is 1. The van der Waals surface area contributed by atoms with E-state index in [4.69, 9.17) is 0 Å². The average Bonchev–Trinajstić information content (AvgIpc) is 2.73. The van der Waals surface area contributed by atoms with Gasteiger partial charge in [-0.3, -0.25) is 19.3 Å². The number of para-hydroxylation sites is 1. The van der Waals surface area contributed by atoms with Gasteiger partial charge in [-0.25, -0.2) is 9.37 Å². The number of benzene rings is 2. The standard InChI is InChI=1S/C21H22FN5O3/c1-2-27(12-18-25-17-6-4-3-5-16(17)21(30)26-18)13-20(29)23-11-19(28)24-15-9-7-14(22)8-10-15/h3-10H,2,11-13H2,1H3,(H,23,29)(H,24,28)(H,25,26,30). The maximum absolute atomic E-state index is 12.9. The summed E-state index contributed by atoms with van der Waals surface area (Å²) in [6.07, 6.45) is 0. The van der Waals surface area contributed by atoms with Gasteiger partial charge in [-0.05, 0) is 42.9 Å². The number of halogens is 1. The van der Waals surface area contributed by atoms with Crippen molar-refractivity contribution in [2.24, 2.45) is 0 Å². The van der Waals surface area contributed by atoms with E-state index in [2.05, 4.69) is 20.6 Å². The highest BCUT2D eigenvalue weighted by Gasteiger charge is 2.13. The van der Waals surface area contributed by atoms with Crippen molar-refractivity contribution in [2.75, 3.05) is 25.0 Å². The first kappa shape index (κ1) is 21.1. The Morgan fingerprint density at radius 3 is 2.57 bits per heavy atom. The Hall–Kier alpha value is -3.59. The minimum Gasteiger partial charge on any atom is -0.346 e. The molecule has 0 aliphatic carbocycles. The normalized spacial score (nSPS) is 10.9. The molecule has 0 spiro atoms. The summed E-state index contributed by atoms with van der Waals surface area (Å²) in [4.78, 5) is 45.3. The number of carbonyl (C=O) groups is 2. The summed E-state index contributed by atoms with van der Waals surface area (Å²) in [6, 6.07) is 12.4. The molecule has 0 atom stereocenters. The molecule has 0 unspecified atom stereocenters. The molecular formula is C21H22FN5O3. The molecule has 8 nitrogen and oxygen atoms in total. The highest BCUT2D eigenvalue weighted by molar-refractivity contribution is 5.94. The lowest BCUT2D eigenvalue weighted by atomic mass is 10.2. The second-order valence-electron chi connectivity index (χ2n) is 6.66. The summed E-state index contributed by atoms with van der Waals surface area (Å²) >= 11 is 0. The fourth-order valence-electron chi connectivity index (χ4n) is 2.88. The van der Waals surface area contributed by atoms with Crippen molar-refractivity contribution in [2.45, 2.75) is 13.5 Å². The lowest BCUT2D eigenvalue weighted by Crippen LogP contribution is -2.40. The van der Waals surface area contributed by atoms with Crippen LogP contribution in [0.1, 0.15) is 12.7 Å². The minimum absolute atomic E-state index is 0.0386. The van der Waals surface area contributed by atoms with E-state index in [0.717, 1.165) is 0 Å². The van der Waals surface area contributed by atoms with Gasteiger partial charge in [0.05, 0.1) is 30.5 Å². The van der Waals surface area contributed by atoms with Crippen molar-refractivity contribution >= 4 is 28.4 Å². The average molecular weight is 411 g/mol. The lowest BCUT2D eigenvalue weighted by molar-refractivity contribution is -0.125. The zero-order chi connectivity index (χ0) is 21.5. The number of hydrogen-bond acceptors (Lipinski definition) is 5. The number of aromatic amines is 1. The van der Waals surface area contributed by atoms with Gasteiger partial charge < -0.3 is 15.6 Å². The quantitative estimate of drug-likeness (QED) is 0.522. The molecule has 0 aliphatic heterocycles. The van der Waals surface area contributed by atoms with Crippen LogP contribution in [0.2, 0.25) is 0 Å². The number of nitrogens with one attached hydrogen (secondary N) is 3. The van der Waals surface area contributed by atoms with Gasteiger partial charge in [-0.15, -0.1) is 0 Å². The van der Waals surface area contributed by atoms with E-state index in [9.17, 15) is 18.8 Å². The van der Waals surface area contributed by atoms with Gasteiger partial charge in [0.15, 0.2) is 0 Å². The van der Waals surface area contributed by atoms with E-state index in [1.165, 1.54) is 24.3 Å². The molecule has 2 aromatic carbocycles. The van der Waals surface area contributed by atoms with Crippen molar-refractivity contribution in [3.05, 3.63) is 70.5 Å². The number of H-pyrrole nitrogens is 1. The Morgan fingerprint density at radius 2 is 1.83 bits per heavy atom. The maximum Gasteiger partial charge on any atom is 0.258 e. The van der Waals surface area contributed by atoms with Crippen LogP contribution in [0.15, 0.2) is 53.3 Å². The van der Waals surface area contributed by atoms with Crippen LogP contribution >= 0.6 is 0 Å². The van der Waals surface area contributed by atoms with Gasteiger partial charge in [-0.1, -0.05) is 19.1 Å². The highest BCUT2D eigenvalue weighted by Crippen LogP contribution is 2.08. The molecule has 1 aromatic heterocycles. The molecule has 9 heteroatoms. The van der Waals surface area contributed by atoms with Crippen molar-refractivity contribution in [3.63, 3.8) is 0 Å². The Labute approximate surface area is 172 Å². The first-order valence-electron chi connectivity index (χ1n) is 9.47. The number of aromatic nitrogens is 2. The molecule has 156 valence electrons. The predicted octanol–water partition coefficient (Wildman–Crippen LogP) is 1.64. The van der Waals surface area contributed by atoms with Gasteiger partial charge in [-0.2, -0.15) is 0 Å². The lowest BCUT2D eigenvalue weighted by Gasteiger charge is -2.19. The van der Waals surface area contributed by atoms with Crippen LogP contribution in [0.3, 0.4) is 0 Å². The Kier molecular flexibility index (Phi) is 6.87. The number of amides is 2. The molecule has 1 heterocycles. The van der Waals surface area contributed by atoms with Crippen LogP contribution in [0.25, 0.3) is 10.9 Å². The van der Waals surface area contributed by atoms with Crippen LogP contribution in [-0.2, 0) is 16.1 Å². The molecule has 0 radical (unpaired) electrons. The molecule has 0 saturated carbocycles. The Morgan fingerprint density at radius 1 is 1.10 bits per heavy atom. The van der Waals surface area contributed by atoms with Crippen LogP contribution in [-0.4, -0.2) is 46.3 Å². The topological polar surface area (TPSA) is 107 Å². The summed E-state index contributed by atoms with van der Waals surface area (Å²) < 4.78 is 12.9. The number of carbonyl (C=O) groups excluding carboxylic acids is 2. The fraction of sp³-hybridized carbons (Fsp3) is 0.238.